The molecule has 1 aliphatic rings. The molecule has 0 aromatic rings. The number of carbonyl (C=O) groups excluding carboxylic acids is 2. The second-order valence-corrected chi connectivity index (χ2v) is 4.25. The first kappa shape index (κ1) is 13.0. The highest BCUT2D eigenvalue weighted by atomic mass is 16.2. The summed E-state index contributed by atoms with van der Waals surface area (Å²) in [6.45, 7) is 6.24. The van der Waals surface area contributed by atoms with Crippen molar-refractivity contribution in [3.05, 3.63) is 0 Å². The molecule has 0 saturated heterocycles. The lowest BCUT2D eigenvalue weighted by molar-refractivity contribution is -0.121. The van der Waals surface area contributed by atoms with Crippen molar-refractivity contribution in [1.29, 1.82) is 0 Å². The maximum absolute atomic E-state index is 11.6. The molecule has 0 aromatic heterocycles. The zero-order valence-corrected chi connectivity index (χ0v) is 10.2. The van der Waals surface area contributed by atoms with Gasteiger partial charge in [0.2, 0.25) is 5.91 Å². The van der Waals surface area contributed by atoms with Gasteiger partial charge in [-0.2, -0.15) is 0 Å². The molecule has 3 amide bonds. The van der Waals surface area contributed by atoms with E-state index in [-0.39, 0.29) is 11.9 Å². The fourth-order valence-electron chi connectivity index (χ4n) is 1.72. The molecule has 3 unspecified atom stereocenters. The number of imide groups is 1. The third-order valence-electron chi connectivity index (χ3n) is 2.88. The van der Waals surface area contributed by atoms with Gasteiger partial charge in [0.15, 0.2) is 0 Å². The fraction of sp³-hybridized carbons (Fsp3) is 0.818. The summed E-state index contributed by atoms with van der Waals surface area (Å²) in [5.74, 6) is 0.424. The summed E-state index contributed by atoms with van der Waals surface area (Å²) >= 11 is 0. The van der Waals surface area contributed by atoms with Gasteiger partial charge in [-0.3, -0.25) is 10.1 Å². The molecule has 1 saturated carbocycles. The monoisotopic (exact) mass is 227 g/mol. The third-order valence-corrected chi connectivity index (χ3v) is 2.88. The summed E-state index contributed by atoms with van der Waals surface area (Å²) in [5, 5.41) is 8.03. The Morgan fingerprint density at radius 1 is 1.38 bits per heavy atom. The Morgan fingerprint density at radius 3 is 2.56 bits per heavy atom. The van der Waals surface area contributed by atoms with Crippen molar-refractivity contribution in [2.75, 3.05) is 6.54 Å². The van der Waals surface area contributed by atoms with Crippen LogP contribution >= 0.6 is 0 Å². The molecule has 1 aliphatic carbocycles. The first-order chi connectivity index (χ1) is 7.58. The second kappa shape index (κ2) is 5.84. The molecule has 0 bridgehead atoms. The molecule has 0 aromatic carbocycles. The van der Waals surface area contributed by atoms with Crippen molar-refractivity contribution in [3.8, 4) is 0 Å². The van der Waals surface area contributed by atoms with E-state index in [0.717, 1.165) is 12.8 Å². The summed E-state index contributed by atoms with van der Waals surface area (Å²) in [6.07, 6.45) is 2.28. The Hall–Kier alpha value is -1.10. The normalized spacial score (nSPS) is 24.7. The molecule has 5 heteroatoms. The SMILES string of the molecule is CCNC(=O)NC(=O)C(C)NC1CC1CC. The quantitative estimate of drug-likeness (QED) is 0.644. The van der Waals surface area contributed by atoms with E-state index in [4.69, 9.17) is 0 Å². The molecular weight excluding hydrogens is 206 g/mol. The molecule has 3 atom stereocenters. The number of rotatable bonds is 5. The highest BCUT2D eigenvalue weighted by molar-refractivity contribution is 5.96. The minimum absolute atomic E-state index is 0.271. The van der Waals surface area contributed by atoms with E-state index in [0.29, 0.717) is 18.5 Å². The smallest absolute Gasteiger partial charge is 0.321 e. The van der Waals surface area contributed by atoms with E-state index in [1.54, 1.807) is 6.92 Å². The van der Waals surface area contributed by atoms with E-state index in [1.165, 1.54) is 0 Å². The van der Waals surface area contributed by atoms with Gasteiger partial charge in [0.05, 0.1) is 6.04 Å². The van der Waals surface area contributed by atoms with Crippen LogP contribution in [-0.4, -0.2) is 30.6 Å². The van der Waals surface area contributed by atoms with Gasteiger partial charge in [0.25, 0.3) is 0 Å². The van der Waals surface area contributed by atoms with Crippen molar-refractivity contribution in [2.24, 2.45) is 5.92 Å². The molecule has 16 heavy (non-hydrogen) atoms. The maximum Gasteiger partial charge on any atom is 0.321 e. The first-order valence-corrected chi connectivity index (χ1v) is 5.93. The molecule has 0 radical (unpaired) electrons. The van der Waals surface area contributed by atoms with E-state index in [9.17, 15) is 9.59 Å². The summed E-state index contributed by atoms with van der Waals surface area (Å²) in [6, 6.07) is -0.298. The first-order valence-electron chi connectivity index (χ1n) is 5.93. The minimum atomic E-state index is -0.427. The number of carbonyl (C=O) groups is 2. The molecule has 0 aliphatic heterocycles. The number of hydrogen-bond acceptors (Lipinski definition) is 3. The van der Waals surface area contributed by atoms with Crippen molar-refractivity contribution >= 4 is 11.9 Å². The van der Waals surface area contributed by atoms with Crippen molar-refractivity contribution in [1.82, 2.24) is 16.0 Å². The average Bonchev–Trinajstić information content (AvgIpc) is 2.96. The Balaban J connectivity index is 2.23. The zero-order chi connectivity index (χ0) is 12.1. The third kappa shape index (κ3) is 3.81. The summed E-state index contributed by atoms with van der Waals surface area (Å²) < 4.78 is 0. The Morgan fingerprint density at radius 2 is 2.06 bits per heavy atom. The van der Waals surface area contributed by atoms with E-state index in [1.807, 2.05) is 6.92 Å². The topological polar surface area (TPSA) is 70.2 Å². The molecule has 0 heterocycles. The van der Waals surface area contributed by atoms with Crippen molar-refractivity contribution in [3.63, 3.8) is 0 Å². The van der Waals surface area contributed by atoms with Crippen LogP contribution in [0, 0.1) is 5.92 Å². The summed E-state index contributed by atoms with van der Waals surface area (Å²) in [7, 11) is 0. The molecule has 1 rings (SSSR count). The lowest BCUT2D eigenvalue weighted by Crippen LogP contribution is -2.48. The van der Waals surface area contributed by atoms with Gasteiger partial charge in [0.1, 0.15) is 0 Å². The van der Waals surface area contributed by atoms with Crippen LogP contribution in [0.15, 0.2) is 0 Å². The lowest BCUT2D eigenvalue weighted by Gasteiger charge is -2.13. The predicted octanol–water partition coefficient (Wildman–Crippen LogP) is 0.609. The molecule has 92 valence electrons. The highest BCUT2D eigenvalue weighted by Gasteiger charge is 2.36. The van der Waals surface area contributed by atoms with E-state index >= 15 is 0 Å². The van der Waals surface area contributed by atoms with Gasteiger partial charge in [-0.15, -0.1) is 0 Å². The zero-order valence-electron chi connectivity index (χ0n) is 10.2. The van der Waals surface area contributed by atoms with Crippen LogP contribution in [-0.2, 0) is 4.79 Å². The van der Waals surface area contributed by atoms with Crippen LogP contribution in [0.2, 0.25) is 0 Å². The lowest BCUT2D eigenvalue weighted by atomic mass is 10.3. The molecule has 0 spiro atoms. The molecule has 5 nitrogen and oxygen atoms in total. The number of amides is 3. The van der Waals surface area contributed by atoms with Crippen LogP contribution in [0.3, 0.4) is 0 Å². The predicted molar refractivity (Wildman–Crippen MR) is 62.0 cm³/mol. The Bertz CT molecular complexity index is 268. The number of hydrogen-bond donors (Lipinski definition) is 3. The highest BCUT2D eigenvalue weighted by Crippen LogP contribution is 2.33. The minimum Gasteiger partial charge on any atom is -0.338 e. The fourth-order valence-corrected chi connectivity index (χ4v) is 1.72. The summed E-state index contributed by atoms with van der Waals surface area (Å²) in [5.41, 5.74) is 0. The second-order valence-electron chi connectivity index (χ2n) is 4.25. The van der Waals surface area contributed by atoms with Crippen LogP contribution in [0.25, 0.3) is 0 Å². The Labute approximate surface area is 96.4 Å². The number of urea groups is 1. The number of nitrogens with one attached hydrogen (secondary N) is 3. The summed E-state index contributed by atoms with van der Waals surface area (Å²) in [4.78, 5) is 22.7. The van der Waals surface area contributed by atoms with Crippen LogP contribution in [0.4, 0.5) is 4.79 Å². The van der Waals surface area contributed by atoms with Crippen LogP contribution in [0.5, 0.6) is 0 Å². The molecule has 1 fully saturated rings. The van der Waals surface area contributed by atoms with Crippen molar-refractivity contribution in [2.45, 2.75) is 45.7 Å². The molecular formula is C11H21N3O2. The van der Waals surface area contributed by atoms with Crippen LogP contribution < -0.4 is 16.0 Å². The van der Waals surface area contributed by atoms with E-state index < -0.39 is 6.03 Å². The van der Waals surface area contributed by atoms with Gasteiger partial charge in [-0.25, -0.2) is 4.79 Å². The van der Waals surface area contributed by atoms with Gasteiger partial charge in [-0.05, 0) is 26.2 Å². The van der Waals surface area contributed by atoms with Crippen molar-refractivity contribution < 1.29 is 9.59 Å². The standard InChI is InChI=1S/C11H21N3O2/c1-4-8-6-9(8)13-7(3)10(15)14-11(16)12-5-2/h7-9,13H,4-6H2,1-3H3,(H2,12,14,15,16). The van der Waals surface area contributed by atoms with E-state index in [2.05, 4.69) is 22.9 Å². The van der Waals surface area contributed by atoms with Gasteiger partial charge in [0, 0.05) is 12.6 Å². The Kier molecular flexibility index (Phi) is 4.73. The molecule has 3 N–H and O–H groups in total. The van der Waals surface area contributed by atoms with Crippen LogP contribution in [0.1, 0.15) is 33.6 Å². The average molecular weight is 227 g/mol. The maximum atomic E-state index is 11.6. The van der Waals surface area contributed by atoms with Gasteiger partial charge < -0.3 is 10.6 Å². The van der Waals surface area contributed by atoms with Gasteiger partial charge in [-0.1, -0.05) is 13.3 Å². The van der Waals surface area contributed by atoms with Gasteiger partial charge >= 0.3 is 6.03 Å². The largest absolute Gasteiger partial charge is 0.338 e.